The third kappa shape index (κ3) is 2.48. The Hall–Kier alpha value is -3.59. The van der Waals surface area contributed by atoms with Gasteiger partial charge in [0, 0.05) is 28.0 Å². The van der Waals surface area contributed by atoms with Crippen molar-refractivity contribution in [2.75, 3.05) is 0 Å². The summed E-state index contributed by atoms with van der Waals surface area (Å²) in [5.41, 5.74) is 7.41. The summed E-state index contributed by atoms with van der Waals surface area (Å²) in [6.45, 7) is 3.79. The molecule has 28 heavy (non-hydrogen) atoms. The molecule has 2 heterocycles. The highest BCUT2D eigenvalue weighted by molar-refractivity contribution is 6.08. The molecule has 136 valence electrons. The zero-order valence-corrected chi connectivity index (χ0v) is 15.7. The zero-order chi connectivity index (χ0) is 19.3. The highest BCUT2D eigenvalue weighted by Crippen LogP contribution is 2.40. The summed E-state index contributed by atoms with van der Waals surface area (Å²) in [5, 5.41) is 2.09. The third-order valence-corrected chi connectivity index (χ3v) is 5.50. The molecule has 3 aromatic carbocycles. The molecule has 5 rings (SSSR count). The second-order valence-corrected chi connectivity index (χ2v) is 7.14. The molecule has 1 N–H and O–H groups in total. The van der Waals surface area contributed by atoms with Crippen molar-refractivity contribution >= 4 is 21.9 Å². The van der Waals surface area contributed by atoms with E-state index in [4.69, 9.17) is 4.42 Å². The number of benzene rings is 3. The zero-order valence-electron chi connectivity index (χ0n) is 15.7. The maximum Gasteiger partial charge on any atom is 0.339 e. The second kappa shape index (κ2) is 6.24. The fourth-order valence-electron chi connectivity index (χ4n) is 3.86. The van der Waals surface area contributed by atoms with Gasteiger partial charge < -0.3 is 9.40 Å². The summed E-state index contributed by atoms with van der Waals surface area (Å²) in [7, 11) is 0. The van der Waals surface area contributed by atoms with Crippen LogP contribution in [0.1, 0.15) is 11.1 Å². The van der Waals surface area contributed by atoms with Crippen molar-refractivity contribution in [2.24, 2.45) is 0 Å². The van der Waals surface area contributed by atoms with Gasteiger partial charge in [0.25, 0.3) is 0 Å². The first kappa shape index (κ1) is 16.6. The van der Waals surface area contributed by atoms with Crippen LogP contribution in [0.15, 0.2) is 82.0 Å². The summed E-state index contributed by atoms with van der Waals surface area (Å²) in [6, 6.07) is 24.8. The maximum absolute atomic E-state index is 12.1. The summed E-state index contributed by atoms with van der Waals surface area (Å²) >= 11 is 0. The van der Waals surface area contributed by atoms with E-state index in [2.05, 4.69) is 47.4 Å². The summed E-state index contributed by atoms with van der Waals surface area (Å²) < 4.78 is 5.57. The molecular formula is C25H19NO2. The summed E-state index contributed by atoms with van der Waals surface area (Å²) in [6.07, 6.45) is 0. The average molecular weight is 365 g/mol. The van der Waals surface area contributed by atoms with E-state index in [1.807, 2.05) is 44.2 Å². The fourth-order valence-corrected chi connectivity index (χ4v) is 3.86. The van der Waals surface area contributed by atoms with Crippen LogP contribution in [0, 0.1) is 13.8 Å². The van der Waals surface area contributed by atoms with E-state index in [1.54, 1.807) is 0 Å². The number of hydrogen-bond acceptors (Lipinski definition) is 2. The van der Waals surface area contributed by atoms with Crippen LogP contribution < -0.4 is 5.63 Å². The molecule has 0 bridgehead atoms. The molecule has 3 nitrogen and oxygen atoms in total. The molecule has 0 saturated carbocycles. The van der Waals surface area contributed by atoms with E-state index < -0.39 is 0 Å². The van der Waals surface area contributed by atoms with Crippen LogP contribution in [0.4, 0.5) is 0 Å². The Balaban J connectivity index is 1.93. The van der Waals surface area contributed by atoms with Crippen molar-refractivity contribution in [1.29, 1.82) is 0 Å². The van der Waals surface area contributed by atoms with Gasteiger partial charge in [-0.25, -0.2) is 4.79 Å². The van der Waals surface area contributed by atoms with Gasteiger partial charge in [0.2, 0.25) is 0 Å². The van der Waals surface area contributed by atoms with E-state index in [1.165, 1.54) is 0 Å². The molecule has 0 aliphatic heterocycles. The smallest absolute Gasteiger partial charge is 0.339 e. The molecule has 0 spiro atoms. The first-order valence-electron chi connectivity index (χ1n) is 9.34. The molecule has 0 saturated heterocycles. The molecule has 0 aliphatic carbocycles. The van der Waals surface area contributed by atoms with E-state index >= 15 is 0 Å². The number of aromatic nitrogens is 1. The third-order valence-electron chi connectivity index (χ3n) is 5.50. The molecule has 5 aromatic rings. The van der Waals surface area contributed by atoms with Crippen LogP contribution in [0.2, 0.25) is 0 Å². The number of nitrogens with one attached hydrogen (secondary N) is 1. The lowest BCUT2D eigenvalue weighted by Crippen LogP contribution is -2.05. The minimum absolute atomic E-state index is 0.275. The van der Waals surface area contributed by atoms with Gasteiger partial charge in [-0.15, -0.1) is 0 Å². The van der Waals surface area contributed by atoms with Crippen molar-refractivity contribution in [1.82, 2.24) is 4.98 Å². The lowest BCUT2D eigenvalue weighted by Gasteiger charge is -2.07. The fraction of sp³-hybridized carbons (Fsp3) is 0.0800. The standard InChI is InChI=1S/C25H19NO2/c1-15-16(2)25(27)28-22-14-21-20(13-19(15)22)23(17-9-5-3-6-10-17)24(26-21)18-11-7-4-8-12-18/h3-14,26H,1-2H3. The topological polar surface area (TPSA) is 46.0 Å². The minimum atomic E-state index is -0.275. The van der Waals surface area contributed by atoms with Gasteiger partial charge in [-0.1, -0.05) is 60.7 Å². The van der Waals surface area contributed by atoms with Gasteiger partial charge in [0.15, 0.2) is 0 Å². The van der Waals surface area contributed by atoms with Gasteiger partial charge >= 0.3 is 5.63 Å². The predicted octanol–water partition coefficient (Wildman–Crippen LogP) is 6.23. The number of H-pyrrole nitrogens is 1. The Kier molecular flexibility index (Phi) is 3.69. The molecule has 0 radical (unpaired) electrons. The molecular weight excluding hydrogens is 346 g/mol. The summed E-state index contributed by atoms with van der Waals surface area (Å²) in [5.74, 6) is 0. The Morgan fingerprint density at radius 2 is 1.39 bits per heavy atom. The quantitative estimate of drug-likeness (QED) is 0.377. The molecule has 0 amide bonds. The monoisotopic (exact) mass is 365 g/mol. The van der Waals surface area contributed by atoms with Crippen LogP contribution in [-0.2, 0) is 0 Å². The highest BCUT2D eigenvalue weighted by atomic mass is 16.4. The van der Waals surface area contributed by atoms with Gasteiger partial charge in [-0.3, -0.25) is 0 Å². The Labute approximate surface area is 162 Å². The van der Waals surface area contributed by atoms with Crippen molar-refractivity contribution in [3.8, 4) is 22.4 Å². The van der Waals surface area contributed by atoms with Crippen LogP contribution in [0.3, 0.4) is 0 Å². The van der Waals surface area contributed by atoms with Gasteiger partial charge in [0.1, 0.15) is 5.58 Å². The molecule has 0 unspecified atom stereocenters. The van der Waals surface area contributed by atoms with Crippen LogP contribution in [0.5, 0.6) is 0 Å². The average Bonchev–Trinajstić information content (AvgIpc) is 3.10. The maximum atomic E-state index is 12.1. The van der Waals surface area contributed by atoms with E-state index in [-0.39, 0.29) is 5.63 Å². The second-order valence-electron chi connectivity index (χ2n) is 7.14. The predicted molar refractivity (Wildman–Crippen MR) is 115 cm³/mol. The van der Waals surface area contributed by atoms with Crippen LogP contribution >= 0.6 is 0 Å². The van der Waals surface area contributed by atoms with Crippen LogP contribution in [-0.4, -0.2) is 4.98 Å². The Bertz CT molecular complexity index is 1380. The number of rotatable bonds is 2. The van der Waals surface area contributed by atoms with Gasteiger partial charge in [-0.2, -0.15) is 0 Å². The molecule has 0 aliphatic rings. The van der Waals surface area contributed by atoms with Gasteiger partial charge in [-0.05, 0) is 36.6 Å². The Morgan fingerprint density at radius 3 is 2.07 bits per heavy atom. The number of fused-ring (bicyclic) bond motifs is 2. The number of aromatic amines is 1. The number of hydrogen-bond donors (Lipinski definition) is 1. The molecule has 0 atom stereocenters. The van der Waals surface area contributed by atoms with E-state index in [0.717, 1.165) is 44.2 Å². The largest absolute Gasteiger partial charge is 0.422 e. The van der Waals surface area contributed by atoms with Crippen molar-refractivity contribution in [2.45, 2.75) is 13.8 Å². The van der Waals surface area contributed by atoms with Crippen molar-refractivity contribution in [3.63, 3.8) is 0 Å². The van der Waals surface area contributed by atoms with Crippen molar-refractivity contribution in [3.05, 3.63) is 94.3 Å². The normalized spacial score (nSPS) is 11.4. The highest BCUT2D eigenvalue weighted by Gasteiger charge is 2.17. The molecule has 3 heteroatoms. The molecule has 2 aromatic heterocycles. The number of aryl methyl sites for hydroxylation is 1. The minimum Gasteiger partial charge on any atom is -0.422 e. The Morgan fingerprint density at radius 1 is 0.750 bits per heavy atom. The SMILES string of the molecule is Cc1c(C)c2cc3c(-c4ccccc4)c(-c4ccccc4)[nH]c3cc2oc1=O. The first-order valence-corrected chi connectivity index (χ1v) is 9.34. The first-order chi connectivity index (χ1) is 13.6. The van der Waals surface area contributed by atoms with Crippen LogP contribution in [0.25, 0.3) is 44.3 Å². The van der Waals surface area contributed by atoms with E-state index in [0.29, 0.717) is 11.1 Å². The van der Waals surface area contributed by atoms with Crippen molar-refractivity contribution < 1.29 is 4.42 Å². The summed E-state index contributed by atoms with van der Waals surface area (Å²) in [4.78, 5) is 15.7. The lowest BCUT2D eigenvalue weighted by atomic mass is 9.97. The van der Waals surface area contributed by atoms with E-state index in [9.17, 15) is 4.79 Å². The molecule has 0 fully saturated rings. The van der Waals surface area contributed by atoms with Gasteiger partial charge in [0.05, 0.1) is 11.2 Å². The lowest BCUT2D eigenvalue weighted by molar-refractivity contribution is 0.554.